The molecule has 21 heavy (non-hydrogen) atoms. The molecule has 1 nitrogen and oxygen atoms in total. The second kappa shape index (κ2) is 6.14. The quantitative estimate of drug-likeness (QED) is 0.552. The summed E-state index contributed by atoms with van der Waals surface area (Å²) in [6.07, 6.45) is -0.568. The van der Waals surface area contributed by atoms with Crippen LogP contribution in [0.2, 0.25) is 5.02 Å². The fraction of sp³-hybridized carbons (Fsp3) is 0.0625. The van der Waals surface area contributed by atoms with Crippen molar-refractivity contribution in [1.82, 2.24) is 0 Å². The van der Waals surface area contributed by atoms with E-state index in [1.54, 1.807) is 24.3 Å². The summed E-state index contributed by atoms with van der Waals surface area (Å²) in [5, 5.41) is 0.392. The molecule has 0 heterocycles. The molecule has 0 amide bonds. The van der Waals surface area contributed by atoms with Crippen LogP contribution in [0.15, 0.2) is 42.5 Å². The molecule has 0 spiro atoms. The first-order valence-corrected chi connectivity index (χ1v) is 6.37. The number of carbonyl (C=O) groups is 1. The van der Waals surface area contributed by atoms with Crippen LogP contribution < -0.4 is 0 Å². The van der Waals surface area contributed by atoms with Gasteiger partial charge >= 0.3 is 6.18 Å². The van der Waals surface area contributed by atoms with Gasteiger partial charge in [-0.1, -0.05) is 35.9 Å². The molecular formula is C16H10ClF3O. The lowest BCUT2D eigenvalue weighted by Gasteiger charge is -2.06. The number of hydrogen-bond acceptors (Lipinski definition) is 1. The van der Waals surface area contributed by atoms with Gasteiger partial charge in [-0.05, 0) is 41.5 Å². The van der Waals surface area contributed by atoms with E-state index >= 15 is 0 Å². The molecular weight excluding hydrogens is 301 g/mol. The van der Waals surface area contributed by atoms with E-state index in [1.165, 1.54) is 18.2 Å². The van der Waals surface area contributed by atoms with Crippen LogP contribution in [0.5, 0.6) is 0 Å². The van der Waals surface area contributed by atoms with Crippen LogP contribution in [-0.2, 0) is 6.18 Å². The van der Waals surface area contributed by atoms with E-state index in [0.717, 1.165) is 12.1 Å². The Morgan fingerprint density at radius 3 is 2.24 bits per heavy atom. The summed E-state index contributed by atoms with van der Waals surface area (Å²) in [6, 6.07) is 9.72. The van der Waals surface area contributed by atoms with Gasteiger partial charge in [-0.3, -0.25) is 4.79 Å². The number of hydrogen-bond donors (Lipinski definition) is 0. The van der Waals surface area contributed by atoms with Gasteiger partial charge in [0.2, 0.25) is 0 Å². The summed E-state index contributed by atoms with van der Waals surface area (Å²) in [5.41, 5.74) is 0.759. The minimum atomic E-state index is -4.37. The highest BCUT2D eigenvalue weighted by Gasteiger charge is 2.30. The predicted octanol–water partition coefficient (Wildman–Crippen LogP) is 5.34. The molecule has 0 aromatic heterocycles. The highest BCUT2D eigenvalue weighted by molar-refractivity contribution is 6.31. The average Bonchev–Trinajstić information content (AvgIpc) is 2.44. The maximum absolute atomic E-state index is 12.6. The van der Waals surface area contributed by atoms with Gasteiger partial charge in [-0.15, -0.1) is 0 Å². The zero-order valence-electron chi connectivity index (χ0n) is 10.7. The molecule has 0 fully saturated rings. The minimum Gasteiger partial charge on any atom is -0.298 e. The minimum absolute atomic E-state index is 0.392. The maximum atomic E-state index is 12.6. The van der Waals surface area contributed by atoms with E-state index in [1.807, 2.05) is 0 Å². The smallest absolute Gasteiger partial charge is 0.298 e. The zero-order chi connectivity index (χ0) is 15.5. The second-order valence-corrected chi connectivity index (χ2v) is 4.83. The zero-order valence-corrected chi connectivity index (χ0v) is 11.4. The molecule has 0 aliphatic carbocycles. The normalized spacial score (nSPS) is 11.8. The standard InChI is InChI=1S/C16H10ClF3O/c17-15-8-12(6-13(9-15)10-21)5-4-11-2-1-3-14(7-11)16(18,19)20/h1-10H/b5-4+. The third-order valence-corrected chi connectivity index (χ3v) is 2.98. The molecule has 0 N–H and O–H groups in total. The monoisotopic (exact) mass is 310 g/mol. The van der Waals surface area contributed by atoms with Gasteiger partial charge in [0.05, 0.1) is 5.56 Å². The van der Waals surface area contributed by atoms with Crippen molar-refractivity contribution in [2.24, 2.45) is 0 Å². The number of rotatable bonds is 3. The van der Waals surface area contributed by atoms with Gasteiger partial charge in [0.1, 0.15) is 6.29 Å². The van der Waals surface area contributed by atoms with Crippen molar-refractivity contribution in [1.29, 1.82) is 0 Å². The average molecular weight is 311 g/mol. The molecule has 0 atom stereocenters. The topological polar surface area (TPSA) is 17.1 Å². The maximum Gasteiger partial charge on any atom is 0.416 e. The summed E-state index contributed by atoms with van der Waals surface area (Å²) in [7, 11) is 0. The van der Waals surface area contributed by atoms with Crippen LogP contribution in [0.1, 0.15) is 27.0 Å². The Kier molecular flexibility index (Phi) is 4.48. The highest BCUT2D eigenvalue weighted by atomic mass is 35.5. The van der Waals surface area contributed by atoms with Crippen molar-refractivity contribution in [2.45, 2.75) is 6.18 Å². The van der Waals surface area contributed by atoms with Gasteiger partial charge in [-0.2, -0.15) is 13.2 Å². The predicted molar refractivity (Wildman–Crippen MR) is 77.2 cm³/mol. The van der Waals surface area contributed by atoms with Crippen molar-refractivity contribution in [3.63, 3.8) is 0 Å². The highest BCUT2D eigenvalue weighted by Crippen LogP contribution is 2.30. The summed E-state index contributed by atoms with van der Waals surface area (Å²) in [5.74, 6) is 0. The van der Waals surface area contributed by atoms with Crippen LogP contribution in [0.4, 0.5) is 13.2 Å². The van der Waals surface area contributed by atoms with Crippen LogP contribution in [0.3, 0.4) is 0 Å². The molecule has 2 aromatic carbocycles. The number of aldehydes is 1. The lowest BCUT2D eigenvalue weighted by molar-refractivity contribution is -0.137. The Bertz CT molecular complexity index is 690. The van der Waals surface area contributed by atoms with E-state index in [-0.39, 0.29) is 0 Å². The number of halogens is 4. The van der Waals surface area contributed by atoms with Crippen molar-refractivity contribution in [3.8, 4) is 0 Å². The Balaban J connectivity index is 2.29. The fourth-order valence-electron chi connectivity index (χ4n) is 1.81. The van der Waals surface area contributed by atoms with Crippen molar-refractivity contribution < 1.29 is 18.0 Å². The lowest BCUT2D eigenvalue weighted by Crippen LogP contribution is -2.04. The first kappa shape index (κ1) is 15.3. The second-order valence-electron chi connectivity index (χ2n) is 4.39. The molecule has 2 rings (SSSR count). The molecule has 0 aliphatic rings. The number of benzene rings is 2. The van der Waals surface area contributed by atoms with Gasteiger partial charge in [-0.25, -0.2) is 0 Å². The molecule has 0 unspecified atom stereocenters. The van der Waals surface area contributed by atoms with Crippen molar-refractivity contribution in [2.75, 3.05) is 0 Å². The van der Waals surface area contributed by atoms with Gasteiger partial charge in [0.25, 0.3) is 0 Å². The van der Waals surface area contributed by atoms with Gasteiger partial charge in [0, 0.05) is 10.6 Å². The Labute approximate surface area is 124 Å². The van der Waals surface area contributed by atoms with Crippen LogP contribution in [0, 0.1) is 0 Å². The van der Waals surface area contributed by atoms with Crippen LogP contribution in [-0.4, -0.2) is 6.29 Å². The summed E-state index contributed by atoms with van der Waals surface area (Å²) >= 11 is 5.85. The van der Waals surface area contributed by atoms with E-state index < -0.39 is 11.7 Å². The SMILES string of the molecule is O=Cc1cc(Cl)cc(/C=C/c2cccc(C(F)(F)F)c2)c1. The first-order valence-electron chi connectivity index (χ1n) is 5.99. The van der Waals surface area contributed by atoms with Crippen LogP contribution in [0.25, 0.3) is 12.2 Å². The summed E-state index contributed by atoms with van der Waals surface area (Å²) in [4.78, 5) is 10.7. The molecule has 0 saturated carbocycles. The third-order valence-electron chi connectivity index (χ3n) is 2.76. The number of alkyl halides is 3. The first-order chi connectivity index (χ1) is 9.88. The fourth-order valence-corrected chi connectivity index (χ4v) is 2.06. The molecule has 0 aliphatic heterocycles. The Morgan fingerprint density at radius 2 is 1.57 bits per heavy atom. The van der Waals surface area contributed by atoms with E-state index in [9.17, 15) is 18.0 Å². The molecule has 2 aromatic rings. The lowest BCUT2D eigenvalue weighted by atomic mass is 10.1. The van der Waals surface area contributed by atoms with Crippen LogP contribution >= 0.6 is 11.6 Å². The Morgan fingerprint density at radius 1 is 0.905 bits per heavy atom. The molecule has 5 heteroatoms. The molecule has 0 saturated heterocycles. The molecule has 0 bridgehead atoms. The Hall–Kier alpha value is -2.07. The van der Waals surface area contributed by atoms with Crippen molar-refractivity contribution in [3.05, 3.63) is 69.7 Å². The molecule has 108 valence electrons. The van der Waals surface area contributed by atoms with Gasteiger partial charge in [0.15, 0.2) is 0 Å². The van der Waals surface area contributed by atoms with Gasteiger partial charge < -0.3 is 0 Å². The summed E-state index contributed by atoms with van der Waals surface area (Å²) in [6.45, 7) is 0. The summed E-state index contributed by atoms with van der Waals surface area (Å²) < 4.78 is 37.8. The van der Waals surface area contributed by atoms with E-state index in [0.29, 0.717) is 28.0 Å². The molecule has 0 radical (unpaired) electrons. The largest absolute Gasteiger partial charge is 0.416 e. The van der Waals surface area contributed by atoms with E-state index in [2.05, 4.69) is 0 Å². The third kappa shape index (κ3) is 4.20. The number of carbonyl (C=O) groups excluding carboxylic acids is 1. The van der Waals surface area contributed by atoms with Crippen molar-refractivity contribution >= 4 is 30.0 Å². The van der Waals surface area contributed by atoms with E-state index in [4.69, 9.17) is 11.6 Å².